The molecule has 32 heavy (non-hydrogen) atoms. The second kappa shape index (κ2) is 8.23. The molecule has 0 atom stereocenters. The summed E-state index contributed by atoms with van der Waals surface area (Å²) in [5.74, 6) is 0.381. The molecule has 1 saturated heterocycles. The minimum Gasteiger partial charge on any atom is -0.497 e. The van der Waals surface area contributed by atoms with Crippen LogP contribution in [0.1, 0.15) is 16.1 Å². The van der Waals surface area contributed by atoms with Gasteiger partial charge in [-0.2, -0.15) is 10.1 Å². The van der Waals surface area contributed by atoms with Crippen molar-refractivity contribution in [3.05, 3.63) is 65.6 Å². The fourth-order valence-corrected chi connectivity index (χ4v) is 4.88. The molecule has 0 saturated carbocycles. The van der Waals surface area contributed by atoms with E-state index < -0.39 is 0 Å². The number of carbonyl (C=O) groups is 1. The maximum Gasteiger partial charge on any atom is 0.253 e. The lowest BCUT2D eigenvalue weighted by Crippen LogP contribution is -2.48. The van der Waals surface area contributed by atoms with E-state index in [2.05, 4.69) is 10.00 Å². The van der Waals surface area contributed by atoms with Gasteiger partial charge in [-0.05, 0) is 55.5 Å². The number of piperazine rings is 1. The van der Waals surface area contributed by atoms with Crippen molar-refractivity contribution in [2.45, 2.75) is 6.92 Å². The van der Waals surface area contributed by atoms with Crippen LogP contribution in [0.4, 0.5) is 9.52 Å². The number of hydrogen-bond acceptors (Lipinski definition) is 6. The normalized spacial score (nSPS) is 14.2. The Bertz CT molecular complexity index is 1260. The summed E-state index contributed by atoms with van der Waals surface area (Å²) in [6.07, 6.45) is 0. The van der Waals surface area contributed by atoms with Crippen molar-refractivity contribution in [1.29, 1.82) is 0 Å². The number of aryl methyl sites for hydroxylation is 1. The molecule has 0 radical (unpaired) electrons. The van der Waals surface area contributed by atoms with Gasteiger partial charge in [0.1, 0.15) is 11.6 Å². The van der Waals surface area contributed by atoms with Gasteiger partial charge in [0.05, 0.1) is 23.2 Å². The Kier molecular flexibility index (Phi) is 5.26. The smallest absolute Gasteiger partial charge is 0.253 e. The van der Waals surface area contributed by atoms with Gasteiger partial charge in [0, 0.05) is 31.7 Å². The van der Waals surface area contributed by atoms with Crippen LogP contribution in [0.25, 0.3) is 16.0 Å². The number of anilines is 1. The largest absolute Gasteiger partial charge is 0.497 e. The second-order valence-corrected chi connectivity index (χ2v) is 8.61. The molecule has 1 aliphatic heterocycles. The highest BCUT2D eigenvalue weighted by Gasteiger charge is 2.25. The van der Waals surface area contributed by atoms with E-state index in [1.165, 1.54) is 24.3 Å². The van der Waals surface area contributed by atoms with Crippen LogP contribution in [0.3, 0.4) is 0 Å². The highest BCUT2D eigenvalue weighted by molar-refractivity contribution is 7.22. The van der Waals surface area contributed by atoms with Gasteiger partial charge in [-0.1, -0.05) is 11.3 Å². The number of halogens is 1. The van der Waals surface area contributed by atoms with E-state index in [1.807, 2.05) is 35.9 Å². The van der Waals surface area contributed by atoms with Gasteiger partial charge in [-0.3, -0.25) is 4.79 Å². The zero-order chi connectivity index (χ0) is 22.2. The lowest BCUT2D eigenvalue weighted by molar-refractivity contribution is 0.0746. The SMILES string of the molecule is COc1ccc(-n2nc(C)c3sc(N4CCN(C(=O)c5ccc(F)cc5)CC4)nc32)cc1. The van der Waals surface area contributed by atoms with Crippen LogP contribution in [0.5, 0.6) is 5.75 Å². The van der Waals surface area contributed by atoms with Gasteiger partial charge in [-0.25, -0.2) is 9.07 Å². The topological polar surface area (TPSA) is 63.5 Å². The summed E-state index contributed by atoms with van der Waals surface area (Å²) in [5, 5.41) is 5.59. The zero-order valence-electron chi connectivity index (χ0n) is 17.8. The maximum absolute atomic E-state index is 13.1. The van der Waals surface area contributed by atoms with E-state index in [0.717, 1.165) is 32.6 Å². The summed E-state index contributed by atoms with van der Waals surface area (Å²) in [6.45, 7) is 4.56. The molecule has 164 valence electrons. The first-order valence-electron chi connectivity index (χ1n) is 10.3. The minimum atomic E-state index is -0.342. The van der Waals surface area contributed by atoms with Crippen LogP contribution in [0.2, 0.25) is 0 Å². The Hall–Kier alpha value is -3.46. The Balaban J connectivity index is 1.33. The van der Waals surface area contributed by atoms with Crippen LogP contribution >= 0.6 is 11.3 Å². The monoisotopic (exact) mass is 451 g/mol. The summed E-state index contributed by atoms with van der Waals surface area (Å²) >= 11 is 1.62. The van der Waals surface area contributed by atoms with Crippen molar-refractivity contribution < 1.29 is 13.9 Å². The molecule has 7 nitrogen and oxygen atoms in total. The lowest BCUT2D eigenvalue weighted by Gasteiger charge is -2.34. The molecule has 0 spiro atoms. The Morgan fingerprint density at radius 3 is 2.38 bits per heavy atom. The molecule has 0 N–H and O–H groups in total. The number of benzene rings is 2. The number of nitrogens with zero attached hydrogens (tertiary/aromatic N) is 5. The van der Waals surface area contributed by atoms with Gasteiger partial charge in [0.15, 0.2) is 10.8 Å². The number of amides is 1. The highest BCUT2D eigenvalue weighted by atomic mass is 32.1. The molecule has 9 heteroatoms. The number of fused-ring (bicyclic) bond motifs is 1. The van der Waals surface area contributed by atoms with Gasteiger partial charge in [-0.15, -0.1) is 0 Å². The van der Waals surface area contributed by atoms with Gasteiger partial charge in [0.2, 0.25) is 0 Å². The molecule has 0 unspecified atom stereocenters. The quantitative estimate of drug-likeness (QED) is 0.471. The van der Waals surface area contributed by atoms with Gasteiger partial charge < -0.3 is 14.5 Å². The molecule has 3 heterocycles. The Labute approximate surface area is 188 Å². The molecule has 4 aromatic rings. The second-order valence-electron chi connectivity index (χ2n) is 7.63. The van der Waals surface area contributed by atoms with Crippen LogP contribution < -0.4 is 9.64 Å². The first-order chi connectivity index (χ1) is 15.5. The fraction of sp³-hybridized carbons (Fsp3) is 0.261. The minimum absolute atomic E-state index is 0.0695. The number of thiazole rings is 1. The van der Waals surface area contributed by atoms with Crippen molar-refractivity contribution in [3.63, 3.8) is 0 Å². The van der Waals surface area contributed by atoms with Crippen molar-refractivity contribution in [2.75, 3.05) is 38.2 Å². The van der Waals surface area contributed by atoms with Crippen LogP contribution in [0, 0.1) is 12.7 Å². The number of carbonyl (C=O) groups excluding carboxylic acids is 1. The number of ether oxygens (including phenoxy) is 1. The van der Waals surface area contributed by atoms with E-state index in [-0.39, 0.29) is 11.7 Å². The Morgan fingerprint density at radius 2 is 1.72 bits per heavy atom. The molecule has 5 rings (SSSR count). The molecule has 0 bridgehead atoms. The molecular formula is C23H22FN5O2S. The van der Waals surface area contributed by atoms with Crippen molar-refractivity contribution in [2.24, 2.45) is 0 Å². The molecule has 2 aromatic heterocycles. The van der Waals surface area contributed by atoms with Crippen molar-refractivity contribution in [3.8, 4) is 11.4 Å². The van der Waals surface area contributed by atoms with Gasteiger partial charge in [0.25, 0.3) is 5.91 Å². The Morgan fingerprint density at radius 1 is 1.03 bits per heavy atom. The number of hydrogen-bond donors (Lipinski definition) is 0. The van der Waals surface area contributed by atoms with Crippen molar-refractivity contribution in [1.82, 2.24) is 19.7 Å². The van der Waals surface area contributed by atoms with Crippen LogP contribution in [-0.4, -0.2) is 58.9 Å². The maximum atomic E-state index is 13.1. The van der Waals surface area contributed by atoms with E-state index >= 15 is 0 Å². The molecule has 1 fully saturated rings. The molecular weight excluding hydrogens is 429 g/mol. The molecule has 1 aliphatic rings. The van der Waals surface area contributed by atoms with Crippen molar-refractivity contribution >= 4 is 32.7 Å². The van der Waals surface area contributed by atoms with E-state index in [4.69, 9.17) is 9.72 Å². The molecule has 0 aliphatic carbocycles. The predicted molar refractivity (Wildman–Crippen MR) is 123 cm³/mol. The molecule has 1 amide bonds. The summed E-state index contributed by atoms with van der Waals surface area (Å²) < 4.78 is 21.3. The highest BCUT2D eigenvalue weighted by Crippen LogP contribution is 2.33. The van der Waals surface area contributed by atoms with E-state index in [9.17, 15) is 9.18 Å². The van der Waals surface area contributed by atoms with Crippen LogP contribution in [-0.2, 0) is 0 Å². The van der Waals surface area contributed by atoms with Crippen LogP contribution in [0.15, 0.2) is 48.5 Å². The first kappa shape index (κ1) is 20.4. The van der Waals surface area contributed by atoms with Gasteiger partial charge >= 0.3 is 0 Å². The predicted octanol–water partition coefficient (Wildman–Crippen LogP) is 3.90. The summed E-state index contributed by atoms with van der Waals surface area (Å²) in [7, 11) is 1.64. The zero-order valence-corrected chi connectivity index (χ0v) is 18.6. The fourth-order valence-electron chi connectivity index (χ4n) is 3.84. The first-order valence-corrected chi connectivity index (χ1v) is 11.2. The summed E-state index contributed by atoms with van der Waals surface area (Å²) in [5.41, 5.74) is 3.20. The summed E-state index contributed by atoms with van der Waals surface area (Å²) in [4.78, 5) is 21.6. The number of rotatable bonds is 4. The average Bonchev–Trinajstić information content (AvgIpc) is 3.40. The molecule has 2 aromatic carbocycles. The third-order valence-electron chi connectivity index (χ3n) is 5.62. The standard InChI is InChI=1S/C23H22FN5O2S/c1-15-20-21(29(26-15)18-7-9-19(31-2)10-8-18)25-23(32-20)28-13-11-27(12-14-28)22(30)16-3-5-17(24)6-4-16/h3-10H,11-14H2,1-2H3. The number of aromatic nitrogens is 3. The summed E-state index contributed by atoms with van der Waals surface area (Å²) in [6, 6.07) is 13.4. The van der Waals surface area contributed by atoms with E-state index in [1.54, 1.807) is 23.3 Å². The number of methoxy groups -OCH3 is 1. The lowest BCUT2D eigenvalue weighted by atomic mass is 10.2. The van der Waals surface area contributed by atoms with E-state index in [0.29, 0.717) is 31.7 Å². The third kappa shape index (κ3) is 3.69. The third-order valence-corrected chi connectivity index (χ3v) is 6.84. The average molecular weight is 452 g/mol.